The Bertz CT molecular complexity index is 685. The van der Waals surface area contributed by atoms with Crippen molar-refractivity contribution in [2.24, 2.45) is 0 Å². The molecule has 0 spiro atoms. The number of amides is 2. The molecule has 0 aromatic heterocycles. The van der Waals surface area contributed by atoms with E-state index < -0.39 is 0 Å². The Balaban J connectivity index is 1.46. The molecule has 0 unspecified atom stereocenters. The van der Waals surface area contributed by atoms with Gasteiger partial charge in [-0.05, 0) is 42.7 Å². The highest BCUT2D eigenvalue weighted by Gasteiger charge is 2.20. The molecule has 0 radical (unpaired) electrons. The van der Waals surface area contributed by atoms with Gasteiger partial charge in [0.25, 0.3) is 0 Å². The van der Waals surface area contributed by atoms with Crippen LogP contribution in [-0.4, -0.2) is 25.3 Å². The summed E-state index contributed by atoms with van der Waals surface area (Å²) in [5.41, 5.74) is 2.15. The topological polar surface area (TPSA) is 59.6 Å². The van der Waals surface area contributed by atoms with E-state index in [0.717, 1.165) is 29.0 Å². The van der Waals surface area contributed by atoms with Crippen molar-refractivity contribution in [2.45, 2.75) is 25.9 Å². The SMILES string of the molecule is CCOc1ccc(CNC(=O)N[C@@H]2COc3ccccc3C2)cc1. The van der Waals surface area contributed by atoms with Crippen LogP contribution in [0.15, 0.2) is 48.5 Å². The molecular formula is C19H22N2O3. The lowest BCUT2D eigenvalue weighted by molar-refractivity contribution is 0.214. The molecule has 126 valence electrons. The van der Waals surface area contributed by atoms with Gasteiger partial charge < -0.3 is 20.1 Å². The van der Waals surface area contributed by atoms with Crippen LogP contribution in [0.1, 0.15) is 18.1 Å². The summed E-state index contributed by atoms with van der Waals surface area (Å²) in [6, 6.07) is 15.4. The van der Waals surface area contributed by atoms with Crippen LogP contribution in [0.3, 0.4) is 0 Å². The van der Waals surface area contributed by atoms with E-state index in [4.69, 9.17) is 9.47 Å². The Hall–Kier alpha value is -2.69. The number of fused-ring (bicyclic) bond motifs is 1. The number of para-hydroxylation sites is 1. The molecule has 24 heavy (non-hydrogen) atoms. The Morgan fingerprint density at radius 3 is 2.79 bits per heavy atom. The molecule has 2 aromatic rings. The molecule has 2 aromatic carbocycles. The third-order valence-corrected chi connectivity index (χ3v) is 3.90. The second kappa shape index (κ2) is 7.73. The first-order chi connectivity index (χ1) is 11.7. The largest absolute Gasteiger partial charge is 0.494 e. The zero-order chi connectivity index (χ0) is 16.8. The molecule has 1 aliphatic heterocycles. The summed E-state index contributed by atoms with van der Waals surface area (Å²) in [5, 5.41) is 5.84. The van der Waals surface area contributed by atoms with Crippen LogP contribution in [0.2, 0.25) is 0 Å². The van der Waals surface area contributed by atoms with E-state index in [2.05, 4.69) is 10.6 Å². The van der Waals surface area contributed by atoms with Crippen LogP contribution in [0.25, 0.3) is 0 Å². The van der Waals surface area contributed by atoms with Crippen LogP contribution in [0, 0.1) is 0 Å². The highest BCUT2D eigenvalue weighted by atomic mass is 16.5. The van der Waals surface area contributed by atoms with Crippen LogP contribution >= 0.6 is 0 Å². The summed E-state index contributed by atoms with van der Waals surface area (Å²) in [7, 11) is 0. The molecule has 5 heteroatoms. The maximum atomic E-state index is 12.1. The third kappa shape index (κ3) is 4.19. The number of urea groups is 1. The van der Waals surface area contributed by atoms with Gasteiger partial charge in [0.2, 0.25) is 0 Å². The van der Waals surface area contributed by atoms with Crippen molar-refractivity contribution in [1.29, 1.82) is 0 Å². The van der Waals surface area contributed by atoms with E-state index >= 15 is 0 Å². The smallest absolute Gasteiger partial charge is 0.315 e. The molecule has 0 aliphatic carbocycles. The summed E-state index contributed by atoms with van der Waals surface area (Å²) in [5.74, 6) is 1.74. The highest BCUT2D eigenvalue weighted by Crippen LogP contribution is 2.23. The standard InChI is InChI=1S/C19H22N2O3/c1-2-23-17-9-7-14(8-10-17)12-20-19(22)21-16-11-15-5-3-4-6-18(15)24-13-16/h3-10,16H,2,11-13H2,1H3,(H2,20,21,22)/t16-/m0/s1. The number of benzene rings is 2. The fourth-order valence-electron chi connectivity index (χ4n) is 2.71. The number of carbonyl (C=O) groups is 1. The molecule has 0 bridgehead atoms. The quantitative estimate of drug-likeness (QED) is 0.888. The van der Waals surface area contributed by atoms with Gasteiger partial charge in [0.15, 0.2) is 0 Å². The lowest BCUT2D eigenvalue weighted by atomic mass is 10.0. The maximum absolute atomic E-state index is 12.1. The van der Waals surface area contributed by atoms with Crippen molar-refractivity contribution in [1.82, 2.24) is 10.6 Å². The number of rotatable bonds is 5. The number of nitrogens with one attached hydrogen (secondary N) is 2. The Morgan fingerprint density at radius 2 is 2.00 bits per heavy atom. The van der Waals surface area contributed by atoms with Gasteiger partial charge in [0.1, 0.15) is 18.1 Å². The van der Waals surface area contributed by atoms with Gasteiger partial charge >= 0.3 is 6.03 Å². The molecule has 3 rings (SSSR count). The summed E-state index contributed by atoms with van der Waals surface area (Å²) in [6.07, 6.45) is 0.784. The van der Waals surface area contributed by atoms with Gasteiger partial charge in [-0.25, -0.2) is 4.79 Å². The minimum atomic E-state index is -0.183. The van der Waals surface area contributed by atoms with Crippen LogP contribution in [-0.2, 0) is 13.0 Å². The monoisotopic (exact) mass is 326 g/mol. The van der Waals surface area contributed by atoms with Gasteiger partial charge in [-0.1, -0.05) is 30.3 Å². The van der Waals surface area contributed by atoms with Crippen molar-refractivity contribution < 1.29 is 14.3 Å². The van der Waals surface area contributed by atoms with E-state index in [1.54, 1.807) is 0 Å². The van der Waals surface area contributed by atoms with Crippen molar-refractivity contribution in [3.8, 4) is 11.5 Å². The van der Waals surface area contributed by atoms with E-state index in [-0.39, 0.29) is 12.1 Å². The summed E-state index contributed by atoms with van der Waals surface area (Å²) in [4.78, 5) is 12.1. The number of hydrogen-bond acceptors (Lipinski definition) is 3. The lowest BCUT2D eigenvalue weighted by Crippen LogP contribution is -2.47. The minimum absolute atomic E-state index is 0.0137. The van der Waals surface area contributed by atoms with Crippen molar-refractivity contribution >= 4 is 6.03 Å². The highest BCUT2D eigenvalue weighted by molar-refractivity contribution is 5.74. The summed E-state index contributed by atoms with van der Waals surface area (Å²) < 4.78 is 11.1. The average molecular weight is 326 g/mol. The predicted molar refractivity (Wildman–Crippen MR) is 92.4 cm³/mol. The number of carbonyl (C=O) groups excluding carboxylic acids is 1. The summed E-state index contributed by atoms with van der Waals surface area (Å²) in [6.45, 7) is 3.57. The molecule has 0 fully saturated rings. The average Bonchev–Trinajstić information content (AvgIpc) is 2.61. The molecule has 1 heterocycles. The zero-order valence-corrected chi connectivity index (χ0v) is 13.7. The third-order valence-electron chi connectivity index (χ3n) is 3.90. The number of hydrogen-bond donors (Lipinski definition) is 2. The van der Waals surface area contributed by atoms with Gasteiger partial charge in [0, 0.05) is 6.54 Å². The van der Waals surface area contributed by atoms with Crippen LogP contribution in [0.5, 0.6) is 11.5 Å². The van der Waals surface area contributed by atoms with Crippen molar-refractivity contribution in [2.75, 3.05) is 13.2 Å². The fourth-order valence-corrected chi connectivity index (χ4v) is 2.71. The van der Waals surface area contributed by atoms with E-state index in [9.17, 15) is 4.79 Å². The Kier molecular flexibility index (Phi) is 5.21. The predicted octanol–water partition coefficient (Wildman–Crippen LogP) is 2.89. The normalized spacial score (nSPS) is 15.8. The molecule has 1 atom stereocenters. The first-order valence-corrected chi connectivity index (χ1v) is 8.21. The Morgan fingerprint density at radius 1 is 1.21 bits per heavy atom. The second-order valence-electron chi connectivity index (χ2n) is 5.72. The molecule has 0 saturated heterocycles. The summed E-state index contributed by atoms with van der Waals surface area (Å²) >= 11 is 0. The van der Waals surface area contributed by atoms with E-state index in [1.165, 1.54) is 0 Å². The van der Waals surface area contributed by atoms with Crippen molar-refractivity contribution in [3.05, 3.63) is 59.7 Å². The first kappa shape index (κ1) is 16.2. The van der Waals surface area contributed by atoms with Gasteiger partial charge in [-0.3, -0.25) is 0 Å². The molecule has 1 aliphatic rings. The minimum Gasteiger partial charge on any atom is -0.494 e. The van der Waals surface area contributed by atoms with Crippen LogP contribution in [0.4, 0.5) is 4.79 Å². The number of ether oxygens (including phenoxy) is 2. The second-order valence-corrected chi connectivity index (χ2v) is 5.72. The molecule has 5 nitrogen and oxygen atoms in total. The molecule has 0 saturated carbocycles. The Labute approximate surface area is 142 Å². The lowest BCUT2D eigenvalue weighted by Gasteiger charge is -2.26. The van der Waals surface area contributed by atoms with Crippen molar-refractivity contribution in [3.63, 3.8) is 0 Å². The van der Waals surface area contributed by atoms with E-state index in [1.807, 2.05) is 55.5 Å². The molecule has 2 amide bonds. The zero-order valence-electron chi connectivity index (χ0n) is 13.7. The first-order valence-electron chi connectivity index (χ1n) is 8.21. The van der Waals surface area contributed by atoms with Gasteiger partial charge in [-0.2, -0.15) is 0 Å². The maximum Gasteiger partial charge on any atom is 0.315 e. The molecule has 2 N–H and O–H groups in total. The molecular weight excluding hydrogens is 304 g/mol. The van der Waals surface area contributed by atoms with Crippen LogP contribution < -0.4 is 20.1 Å². The fraction of sp³-hybridized carbons (Fsp3) is 0.316. The van der Waals surface area contributed by atoms with E-state index in [0.29, 0.717) is 19.8 Å². The van der Waals surface area contributed by atoms with Gasteiger partial charge in [-0.15, -0.1) is 0 Å². The van der Waals surface area contributed by atoms with Gasteiger partial charge in [0.05, 0.1) is 12.6 Å².